The second-order valence-electron chi connectivity index (χ2n) is 8.19. The molecule has 31 heavy (non-hydrogen) atoms. The van der Waals surface area contributed by atoms with Gasteiger partial charge in [-0.15, -0.1) is 0 Å². The Bertz CT molecular complexity index is 1200. The Labute approximate surface area is 195 Å². The van der Waals surface area contributed by atoms with Crippen molar-refractivity contribution in [3.63, 3.8) is 0 Å². The molecule has 2 unspecified atom stereocenters. The van der Waals surface area contributed by atoms with E-state index in [1.54, 1.807) is 0 Å². The summed E-state index contributed by atoms with van der Waals surface area (Å²) >= 11 is -0.762. The molecular weight excluding hydrogens is 452 g/mol. The Balaban J connectivity index is 1.31. The third kappa shape index (κ3) is 3.42. The first kappa shape index (κ1) is 19.0. The Morgan fingerprint density at radius 2 is 0.903 bits per heavy atom. The zero-order chi connectivity index (χ0) is 20.6. The molecule has 0 aromatic heterocycles. The SMILES string of the molecule is C1=C[CH]([Zr][CH]2C=Cc3c(-c4ccccc4)cccc32)c2cccc(-c3ccccc3)c21. The van der Waals surface area contributed by atoms with Gasteiger partial charge >= 0.3 is 196 Å². The normalized spacial score (nSPS) is 18.1. The molecule has 0 saturated heterocycles. The van der Waals surface area contributed by atoms with Gasteiger partial charge in [-0.3, -0.25) is 0 Å². The predicted octanol–water partition coefficient (Wildman–Crippen LogP) is 7.94. The second-order valence-corrected chi connectivity index (χ2v) is 12.1. The molecule has 0 bridgehead atoms. The van der Waals surface area contributed by atoms with Crippen molar-refractivity contribution in [1.82, 2.24) is 0 Å². The molecule has 6 rings (SSSR count). The number of benzene rings is 4. The van der Waals surface area contributed by atoms with Crippen molar-refractivity contribution in [3.05, 3.63) is 131 Å². The third-order valence-corrected chi connectivity index (χ3v) is 10.6. The van der Waals surface area contributed by atoms with Crippen LogP contribution < -0.4 is 0 Å². The van der Waals surface area contributed by atoms with Crippen LogP contribution in [0.1, 0.15) is 29.5 Å². The van der Waals surface area contributed by atoms with Gasteiger partial charge < -0.3 is 0 Å². The first-order valence-electron chi connectivity index (χ1n) is 10.9. The van der Waals surface area contributed by atoms with Crippen molar-refractivity contribution in [2.24, 2.45) is 0 Å². The van der Waals surface area contributed by atoms with Gasteiger partial charge in [0.2, 0.25) is 0 Å². The van der Waals surface area contributed by atoms with Crippen molar-refractivity contribution in [1.29, 1.82) is 0 Å². The van der Waals surface area contributed by atoms with Gasteiger partial charge in [0.1, 0.15) is 0 Å². The molecule has 0 heterocycles. The topological polar surface area (TPSA) is 0 Å². The van der Waals surface area contributed by atoms with E-state index in [2.05, 4.69) is 121 Å². The molecule has 0 aliphatic heterocycles. The third-order valence-electron chi connectivity index (χ3n) is 6.39. The summed E-state index contributed by atoms with van der Waals surface area (Å²) in [6, 6.07) is 35.3. The molecule has 4 aromatic carbocycles. The van der Waals surface area contributed by atoms with E-state index in [9.17, 15) is 0 Å². The van der Waals surface area contributed by atoms with Crippen molar-refractivity contribution >= 4 is 12.2 Å². The van der Waals surface area contributed by atoms with Gasteiger partial charge in [-0.1, -0.05) is 0 Å². The molecule has 0 N–H and O–H groups in total. The number of hydrogen-bond donors (Lipinski definition) is 0. The summed E-state index contributed by atoms with van der Waals surface area (Å²) in [6.07, 6.45) is 9.72. The number of rotatable bonds is 4. The van der Waals surface area contributed by atoms with Crippen LogP contribution in [0, 0.1) is 0 Å². The van der Waals surface area contributed by atoms with Gasteiger partial charge in [-0.05, 0) is 0 Å². The van der Waals surface area contributed by atoms with Crippen LogP contribution in [-0.2, 0) is 23.2 Å². The number of fused-ring (bicyclic) bond motifs is 2. The van der Waals surface area contributed by atoms with E-state index in [4.69, 9.17) is 0 Å². The molecule has 2 aliphatic carbocycles. The molecule has 0 amide bonds. The standard InChI is InChI=1S/2C15H11.Zr/c2*1-2-6-12(7-3-1)14-10-4-8-13-9-5-11-15(13)14;/h2*1-11H;. The molecule has 0 spiro atoms. The minimum atomic E-state index is -0.762. The van der Waals surface area contributed by atoms with Gasteiger partial charge in [0.05, 0.1) is 0 Å². The second kappa shape index (κ2) is 8.06. The Morgan fingerprint density at radius 1 is 0.452 bits per heavy atom. The monoisotopic (exact) mass is 472 g/mol. The van der Waals surface area contributed by atoms with Crippen LogP contribution in [0.2, 0.25) is 0 Å². The fourth-order valence-electron chi connectivity index (χ4n) is 4.90. The molecule has 0 radical (unpaired) electrons. The summed E-state index contributed by atoms with van der Waals surface area (Å²) in [4.78, 5) is 0. The van der Waals surface area contributed by atoms with Crippen LogP contribution in [0.5, 0.6) is 0 Å². The van der Waals surface area contributed by atoms with Crippen LogP contribution >= 0.6 is 0 Å². The molecule has 0 fully saturated rings. The number of hydrogen-bond acceptors (Lipinski definition) is 0. The van der Waals surface area contributed by atoms with E-state index in [-0.39, 0.29) is 0 Å². The van der Waals surface area contributed by atoms with Crippen LogP contribution in [-0.4, -0.2) is 0 Å². The van der Waals surface area contributed by atoms with E-state index in [1.807, 2.05) is 0 Å². The van der Waals surface area contributed by atoms with E-state index in [0.717, 1.165) is 0 Å². The fraction of sp³-hybridized carbons (Fsp3) is 0.0667. The van der Waals surface area contributed by atoms with Crippen LogP contribution in [0.3, 0.4) is 0 Å². The summed E-state index contributed by atoms with van der Waals surface area (Å²) in [5.41, 5.74) is 11.3. The molecule has 2 aliphatic rings. The Kier molecular flexibility index (Phi) is 4.93. The quantitative estimate of drug-likeness (QED) is 0.282. The van der Waals surface area contributed by atoms with Gasteiger partial charge in [0.15, 0.2) is 0 Å². The van der Waals surface area contributed by atoms with Crippen LogP contribution in [0.25, 0.3) is 34.4 Å². The zero-order valence-electron chi connectivity index (χ0n) is 17.2. The first-order chi connectivity index (χ1) is 15.4. The summed E-state index contributed by atoms with van der Waals surface area (Å²) in [6.45, 7) is 0. The molecule has 0 nitrogen and oxygen atoms in total. The van der Waals surface area contributed by atoms with Gasteiger partial charge in [-0.25, -0.2) is 0 Å². The maximum absolute atomic E-state index is 2.48. The van der Waals surface area contributed by atoms with E-state index >= 15 is 0 Å². The summed E-state index contributed by atoms with van der Waals surface area (Å²) in [5.74, 6) is 0. The Morgan fingerprint density at radius 3 is 1.35 bits per heavy atom. The average Bonchev–Trinajstić information content (AvgIpc) is 3.45. The maximum atomic E-state index is 2.48. The molecule has 0 saturated carbocycles. The molecule has 4 aromatic rings. The molecular formula is C30H22Zr. The fourth-order valence-corrected chi connectivity index (χ4v) is 8.99. The van der Waals surface area contributed by atoms with Crippen molar-refractivity contribution in [2.75, 3.05) is 0 Å². The van der Waals surface area contributed by atoms with Crippen LogP contribution in [0.15, 0.2) is 109 Å². The number of allylic oxidation sites excluding steroid dienone is 2. The van der Waals surface area contributed by atoms with Crippen molar-refractivity contribution in [3.8, 4) is 22.3 Å². The average molecular weight is 474 g/mol. The molecule has 1 heteroatoms. The van der Waals surface area contributed by atoms with Gasteiger partial charge in [0.25, 0.3) is 0 Å². The zero-order valence-corrected chi connectivity index (χ0v) is 19.7. The summed E-state index contributed by atoms with van der Waals surface area (Å²) in [5, 5.41) is 0. The van der Waals surface area contributed by atoms with Gasteiger partial charge in [-0.2, -0.15) is 0 Å². The van der Waals surface area contributed by atoms with Crippen LogP contribution in [0.4, 0.5) is 0 Å². The molecule has 146 valence electrons. The van der Waals surface area contributed by atoms with Crippen molar-refractivity contribution < 1.29 is 23.2 Å². The molecule has 2 atom stereocenters. The van der Waals surface area contributed by atoms with E-state index in [0.29, 0.717) is 7.25 Å². The predicted molar refractivity (Wildman–Crippen MR) is 127 cm³/mol. The summed E-state index contributed by atoms with van der Waals surface area (Å²) < 4.78 is 1.26. The van der Waals surface area contributed by atoms with E-state index < -0.39 is 23.2 Å². The first-order valence-corrected chi connectivity index (χ1v) is 13.7. The Hall–Kier alpha value is -2.76. The summed E-state index contributed by atoms with van der Waals surface area (Å²) in [7, 11) is 0. The minimum absolute atomic E-state index is 0.628. The van der Waals surface area contributed by atoms with Crippen molar-refractivity contribution in [2.45, 2.75) is 7.25 Å². The van der Waals surface area contributed by atoms with Gasteiger partial charge in [0, 0.05) is 0 Å². The van der Waals surface area contributed by atoms with E-state index in [1.165, 1.54) is 44.5 Å².